The van der Waals surface area contributed by atoms with Gasteiger partial charge in [-0.1, -0.05) is 6.92 Å². The first-order valence-corrected chi connectivity index (χ1v) is 5.98. The molecule has 0 saturated carbocycles. The van der Waals surface area contributed by atoms with Crippen LogP contribution in [0.4, 0.5) is 18.9 Å². The highest BCUT2D eigenvalue weighted by molar-refractivity contribution is 7.96. The first-order chi connectivity index (χ1) is 8.02. The molecule has 0 bridgehead atoms. The number of nitrogens with zero attached hydrogens (tertiary/aromatic N) is 1. The highest BCUT2D eigenvalue weighted by Crippen LogP contribution is 2.35. The molecule has 0 aliphatic carbocycles. The number of benzene rings is 1. The Hall–Kier alpha value is -0.880. The van der Waals surface area contributed by atoms with E-state index in [4.69, 9.17) is 4.18 Å². The lowest BCUT2D eigenvalue weighted by atomic mass is 10.1. The van der Waals surface area contributed by atoms with E-state index in [2.05, 4.69) is 0 Å². The van der Waals surface area contributed by atoms with Crippen molar-refractivity contribution in [2.45, 2.75) is 25.6 Å². The second-order valence-electron chi connectivity index (χ2n) is 3.79. The van der Waals surface area contributed by atoms with Gasteiger partial charge in [0, 0.05) is 5.69 Å². The van der Waals surface area contributed by atoms with Gasteiger partial charge in [0.25, 0.3) is 0 Å². The molecule has 17 heavy (non-hydrogen) atoms. The van der Waals surface area contributed by atoms with Crippen molar-refractivity contribution >= 4 is 17.9 Å². The molecule has 1 atom stereocenters. The molecule has 1 fully saturated rings. The van der Waals surface area contributed by atoms with Crippen LogP contribution in [-0.2, 0) is 10.4 Å². The second-order valence-corrected chi connectivity index (χ2v) is 4.57. The SMILES string of the molecule is CCC1COSN1c1ccc(C(F)(F)F)cc1. The topological polar surface area (TPSA) is 12.5 Å². The van der Waals surface area contributed by atoms with E-state index in [1.165, 1.54) is 24.4 Å². The molecule has 1 aromatic carbocycles. The van der Waals surface area contributed by atoms with E-state index in [1.807, 2.05) is 11.2 Å². The Balaban J connectivity index is 2.18. The summed E-state index contributed by atoms with van der Waals surface area (Å²) in [7, 11) is 0. The molecule has 0 aromatic heterocycles. The van der Waals surface area contributed by atoms with Gasteiger partial charge in [-0.3, -0.25) is 8.49 Å². The van der Waals surface area contributed by atoms with Crippen molar-refractivity contribution in [2.24, 2.45) is 0 Å². The third-order valence-corrected chi connectivity index (χ3v) is 3.56. The Kier molecular flexibility index (Phi) is 3.53. The predicted molar refractivity (Wildman–Crippen MR) is 61.5 cm³/mol. The van der Waals surface area contributed by atoms with Gasteiger partial charge in [-0.2, -0.15) is 13.2 Å². The Morgan fingerprint density at radius 1 is 1.35 bits per heavy atom. The summed E-state index contributed by atoms with van der Waals surface area (Å²) in [5.41, 5.74) is 0.117. The molecule has 1 heterocycles. The molecule has 0 spiro atoms. The van der Waals surface area contributed by atoms with E-state index in [-0.39, 0.29) is 6.04 Å². The zero-order valence-corrected chi connectivity index (χ0v) is 10.0. The zero-order valence-electron chi connectivity index (χ0n) is 9.20. The summed E-state index contributed by atoms with van der Waals surface area (Å²) in [6.45, 7) is 2.62. The fourth-order valence-electron chi connectivity index (χ4n) is 1.63. The highest BCUT2D eigenvalue weighted by atomic mass is 32.2. The van der Waals surface area contributed by atoms with E-state index >= 15 is 0 Å². The minimum absolute atomic E-state index is 0.219. The van der Waals surface area contributed by atoms with Crippen molar-refractivity contribution in [3.05, 3.63) is 29.8 Å². The Morgan fingerprint density at radius 3 is 2.53 bits per heavy atom. The molecule has 1 saturated heterocycles. The summed E-state index contributed by atoms with van der Waals surface area (Å²) < 4.78 is 44.3. The van der Waals surface area contributed by atoms with Crippen molar-refractivity contribution in [1.82, 2.24) is 0 Å². The summed E-state index contributed by atoms with van der Waals surface area (Å²) in [5.74, 6) is 0. The van der Waals surface area contributed by atoms with Gasteiger partial charge >= 0.3 is 6.18 Å². The van der Waals surface area contributed by atoms with Crippen molar-refractivity contribution in [1.29, 1.82) is 0 Å². The van der Waals surface area contributed by atoms with Crippen LogP contribution in [0, 0.1) is 0 Å². The standard InChI is InChI=1S/C11H12F3NOS/c1-2-9-7-16-17-15(9)10-5-3-8(4-6-10)11(12,13)14/h3-6,9H,2,7H2,1H3. The van der Waals surface area contributed by atoms with Gasteiger partial charge in [0.2, 0.25) is 0 Å². The van der Waals surface area contributed by atoms with Crippen LogP contribution >= 0.6 is 12.2 Å². The highest BCUT2D eigenvalue weighted by Gasteiger charge is 2.31. The number of alkyl halides is 3. The van der Waals surface area contributed by atoms with Gasteiger partial charge in [-0.25, -0.2) is 0 Å². The van der Waals surface area contributed by atoms with Gasteiger partial charge in [0.1, 0.15) is 12.2 Å². The van der Waals surface area contributed by atoms with Crippen LogP contribution in [0.1, 0.15) is 18.9 Å². The predicted octanol–water partition coefficient (Wildman–Crippen LogP) is 3.88. The third-order valence-electron chi connectivity index (χ3n) is 2.65. The lowest BCUT2D eigenvalue weighted by Gasteiger charge is -2.21. The van der Waals surface area contributed by atoms with Crippen molar-refractivity contribution in [2.75, 3.05) is 10.9 Å². The zero-order chi connectivity index (χ0) is 12.5. The second kappa shape index (κ2) is 4.78. The lowest BCUT2D eigenvalue weighted by molar-refractivity contribution is -0.137. The van der Waals surface area contributed by atoms with Gasteiger partial charge in [-0.05, 0) is 30.7 Å². The Morgan fingerprint density at radius 2 is 2.00 bits per heavy atom. The van der Waals surface area contributed by atoms with Crippen molar-refractivity contribution in [3.63, 3.8) is 0 Å². The van der Waals surface area contributed by atoms with Crippen LogP contribution in [0.2, 0.25) is 0 Å². The summed E-state index contributed by atoms with van der Waals surface area (Å²) in [4.78, 5) is 0. The third kappa shape index (κ3) is 2.69. The van der Waals surface area contributed by atoms with Gasteiger partial charge < -0.3 is 0 Å². The van der Waals surface area contributed by atoms with E-state index in [0.29, 0.717) is 6.61 Å². The van der Waals surface area contributed by atoms with Crippen molar-refractivity contribution < 1.29 is 17.4 Å². The van der Waals surface area contributed by atoms with Crippen LogP contribution in [0.3, 0.4) is 0 Å². The molecule has 2 rings (SSSR count). The first-order valence-electron chi connectivity index (χ1n) is 5.28. The maximum atomic E-state index is 12.4. The monoisotopic (exact) mass is 263 g/mol. The quantitative estimate of drug-likeness (QED) is 0.593. The number of anilines is 1. The molecule has 1 aliphatic heterocycles. The number of hydrogen-bond donors (Lipinski definition) is 0. The summed E-state index contributed by atoms with van der Waals surface area (Å²) in [6.07, 6.45) is -3.38. The first kappa shape index (κ1) is 12.6. The molecule has 1 aromatic rings. The molecule has 1 unspecified atom stereocenters. The summed E-state index contributed by atoms with van der Waals surface area (Å²) in [6, 6.07) is 5.37. The molecule has 2 nitrogen and oxygen atoms in total. The lowest BCUT2D eigenvalue weighted by Crippen LogP contribution is -2.25. The summed E-state index contributed by atoms with van der Waals surface area (Å²) >= 11 is 1.19. The fraction of sp³-hybridized carbons (Fsp3) is 0.455. The van der Waals surface area contributed by atoms with Crippen molar-refractivity contribution in [3.8, 4) is 0 Å². The number of halogens is 3. The molecule has 0 amide bonds. The fourth-order valence-corrected chi connectivity index (χ4v) is 2.50. The molecule has 94 valence electrons. The van der Waals surface area contributed by atoms with E-state index in [1.54, 1.807) is 0 Å². The smallest absolute Gasteiger partial charge is 0.294 e. The summed E-state index contributed by atoms with van der Waals surface area (Å²) in [5, 5.41) is 0. The molecule has 0 N–H and O–H groups in total. The van der Waals surface area contributed by atoms with Crippen LogP contribution < -0.4 is 4.31 Å². The van der Waals surface area contributed by atoms with E-state index < -0.39 is 11.7 Å². The minimum atomic E-state index is -4.28. The number of hydrogen-bond acceptors (Lipinski definition) is 3. The maximum Gasteiger partial charge on any atom is 0.416 e. The maximum absolute atomic E-state index is 12.4. The molecular formula is C11H12F3NOS. The Bertz CT molecular complexity index is 379. The van der Waals surface area contributed by atoms with Crippen LogP contribution in [0.5, 0.6) is 0 Å². The largest absolute Gasteiger partial charge is 0.416 e. The van der Waals surface area contributed by atoms with Crippen LogP contribution in [0.25, 0.3) is 0 Å². The molecule has 6 heteroatoms. The minimum Gasteiger partial charge on any atom is -0.294 e. The average molecular weight is 263 g/mol. The average Bonchev–Trinajstić information content (AvgIpc) is 2.76. The Labute approximate surface area is 102 Å². The van der Waals surface area contributed by atoms with E-state index in [9.17, 15) is 13.2 Å². The molecule has 0 radical (unpaired) electrons. The number of rotatable bonds is 2. The van der Waals surface area contributed by atoms with E-state index in [0.717, 1.165) is 24.2 Å². The molecular weight excluding hydrogens is 251 g/mol. The van der Waals surface area contributed by atoms with Gasteiger partial charge in [0.05, 0.1) is 18.2 Å². The van der Waals surface area contributed by atoms with Gasteiger partial charge in [0.15, 0.2) is 0 Å². The van der Waals surface area contributed by atoms with Gasteiger partial charge in [-0.15, -0.1) is 0 Å². The van der Waals surface area contributed by atoms with Crippen LogP contribution in [-0.4, -0.2) is 12.6 Å². The molecule has 1 aliphatic rings. The normalized spacial score (nSPS) is 20.9. The van der Waals surface area contributed by atoms with Crippen LogP contribution in [0.15, 0.2) is 24.3 Å².